The van der Waals surface area contributed by atoms with Crippen molar-refractivity contribution in [3.05, 3.63) is 23.8 Å². The second kappa shape index (κ2) is 6.14. The van der Waals surface area contributed by atoms with E-state index in [2.05, 4.69) is 11.6 Å². The molecule has 0 amide bonds. The van der Waals surface area contributed by atoms with E-state index in [0.717, 1.165) is 37.7 Å². The van der Waals surface area contributed by atoms with Crippen LogP contribution in [0.4, 0.5) is 5.69 Å². The van der Waals surface area contributed by atoms with Crippen LogP contribution in [-0.4, -0.2) is 14.5 Å². The standard InChI is InChI=1S/C15H24N2O2S/c1-3-12-6-9-14(10-15(12)16)20(18,19)17-13-7-4-11(2)5-8-13/h6,9-11,13,17H,3-5,7-8,16H2,1-2H3. The Bertz CT molecular complexity index is 561. The number of nitrogen functional groups attached to an aromatic ring is 1. The van der Waals surface area contributed by atoms with E-state index in [1.165, 1.54) is 0 Å². The quantitative estimate of drug-likeness (QED) is 0.839. The summed E-state index contributed by atoms with van der Waals surface area (Å²) in [5.74, 6) is 0.704. The first-order valence-corrected chi connectivity index (χ1v) is 8.81. The second-order valence-corrected chi connectivity index (χ2v) is 7.51. The minimum absolute atomic E-state index is 0.0586. The van der Waals surface area contributed by atoms with Gasteiger partial charge in [0.15, 0.2) is 0 Å². The fraction of sp³-hybridized carbons (Fsp3) is 0.600. The predicted octanol–water partition coefficient (Wildman–Crippen LogP) is 2.69. The Hall–Kier alpha value is -1.07. The molecule has 3 N–H and O–H groups in total. The largest absolute Gasteiger partial charge is 0.398 e. The number of hydrogen-bond acceptors (Lipinski definition) is 3. The molecule has 5 heteroatoms. The van der Waals surface area contributed by atoms with Gasteiger partial charge in [-0.1, -0.05) is 19.9 Å². The third-order valence-corrected chi connectivity index (χ3v) is 5.66. The van der Waals surface area contributed by atoms with Gasteiger partial charge in [-0.15, -0.1) is 0 Å². The number of benzene rings is 1. The second-order valence-electron chi connectivity index (χ2n) is 5.79. The summed E-state index contributed by atoms with van der Waals surface area (Å²) >= 11 is 0. The normalized spacial score (nSPS) is 23.7. The fourth-order valence-corrected chi connectivity index (χ4v) is 4.07. The SMILES string of the molecule is CCc1ccc(S(=O)(=O)NC2CCC(C)CC2)cc1N. The molecule has 4 nitrogen and oxygen atoms in total. The van der Waals surface area contributed by atoms with Gasteiger partial charge >= 0.3 is 0 Å². The van der Waals surface area contributed by atoms with Crippen molar-refractivity contribution in [1.29, 1.82) is 0 Å². The number of hydrogen-bond donors (Lipinski definition) is 2. The Balaban J connectivity index is 2.12. The Morgan fingerprint density at radius 3 is 2.45 bits per heavy atom. The van der Waals surface area contributed by atoms with Gasteiger partial charge in [0, 0.05) is 11.7 Å². The maximum atomic E-state index is 12.4. The molecule has 0 aliphatic heterocycles. The van der Waals surface area contributed by atoms with Gasteiger partial charge < -0.3 is 5.73 Å². The van der Waals surface area contributed by atoms with Crippen molar-refractivity contribution < 1.29 is 8.42 Å². The number of nitrogens with two attached hydrogens (primary N) is 1. The van der Waals surface area contributed by atoms with Gasteiger partial charge in [-0.2, -0.15) is 0 Å². The Labute approximate surface area is 121 Å². The van der Waals surface area contributed by atoms with Crippen molar-refractivity contribution in [2.45, 2.75) is 56.9 Å². The summed E-state index contributed by atoms with van der Waals surface area (Å²) in [5.41, 5.74) is 7.42. The van der Waals surface area contributed by atoms with Crippen molar-refractivity contribution in [3.8, 4) is 0 Å². The summed E-state index contributed by atoms with van der Waals surface area (Å²) in [4.78, 5) is 0.269. The molecule has 112 valence electrons. The lowest BCUT2D eigenvalue weighted by Gasteiger charge is -2.26. The van der Waals surface area contributed by atoms with Crippen molar-refractivity contribution in [2.75, 3.05) is 5.73 Å². The topological polar surface area (TPSA) is 72.2 Å². The van der Waals surface area contributed by atoms with Gasteiger partial charge in [-0.3, -0.25) is 0 Å². The number of sulfonamides is 1. The van der Waals surface area contributed by atoms with E-state index in [4.69, 9.17) is 5.73 Å². The van der Waals surface area contributed by atoms with E-state index < -0.39 is 10.0 Å². The molecule has 1 fully saturated rings. The molecule has 2 rings (SSSR count). The highest BCUT2D eigenvalue weighted by atomic mass is 32.2. The first kappa shape index (κ1) is 15.3. The van der Waals surface area contributed by atoms with E-state index in [1.807, 2.05) is 6.92 Å². The lowest BCUT2D eigenvalue weighted by Crippen LogP contribution is -2.37. The fourth-order valence-electron chi connectivity index (χ4n) is 2.73. The van der Waals surface area contributed by atoms with Crippen LogP contribution in [0, 0.1) is 5.92 Å². The van der Waals surface area contributed by atoms with Crippen LogP contribution in [0.3, 0.4) is 0 Å². The van der Waals surface area contributed by atoms with E-state index in [-0.39, 0.29) is 10.9 Å². The van der Waals surface area contributed by atoms with Gasteiger partial charge in [0.25, 0.3) is 0 Å². The average molecular weight is 296 g/mol. The molecular formula is C15H24N2O2S. The van der Waals surface area contributed by atoms with Crippen molar-refractivity contribution in [1.82, 2.24) is 4.72 Å². The lowest BCUT2D eigenvalue weighted by molar-refractivity contribution is 0.332. The van der Waals surface area contributed by atoms with Gasteiger partial charge in [-0.05, 0) is 55.7 Å². The highest BCUT2D eigenvalue weighted by molar-refractivity contribution is 7.89. The molecule has 1 saturated carbocycles. The maximum Gasteiger partial charge on any atom is 0.240 e. The molecule has 1 aromatic rings. The molecule has 0 atom stereocenters. The van der Waals surface area contributed by atoms with Crippen LogP contribution < -0.4 is 10.5 Å². The van der Waals surface area contributed by atoms with Crippen LogP contribution in [-0.2, 0) is 16.4 Å². The summed E-state index contributed by atoms with van der Waals surface area (Å²) in [6.45, 7) is 4.22. The maximum absolute atomic E-state index is 12.4. The van der Waals surface area contributed by atoms with E-state index in [9.17, 15) is 8.42 Å². The smallest absolute Gasteiger partial charge is 0.240 e. The Morgan fingerprint density at radius 1 is 1.25 bits per heavy atom. The summed E-state index contributed by atoms with van der Waals surface area (Å²) in [5, 5.41) is 0. The van der Waals surface area contributed by atoms with Crippen LogP contribution in [0.15, 0.2) is 23.1 Å². The van der Waals surface area contributed by atoms with Crippen LogP contribution in [0.5, 0.6) is 0 Å². The number of aryl methyl sites for hydroxylation is 1. The summed E-state index contributed by atoms with van der Waals surface area (Å²) < 4.78 is 27.5. The van der Waals surface area contributed by atoms with Crippen molar-refractivity contribution >= 4 is 15.7 Å². The van der Waals surface area contributed by atoms with Gasteiger partial charge in [-0.25, -0.2) is 13.1 Å². The van der Waals surface area contributed by atoms with Crippen LogP contribution in [0.1, 0.15) is 45.1 Å². The zero-order valence-electron chi connectivity index (χ0n) is 12.2. The van der Waals surface area contributed by atoms with E-state index in [1.54, 1.807) is 18.2 Å². The minimum atomic E-state index is -3.45. The lowest BCUT2D eigenvalue weighted by atomic mass is 9.88. The first-order chi connectivity index (χ1) is 9.42. The molecule has 1 aliphatic carbocycles. The van der Waals surface area contributed by atoms with Crippen LogP contribution in [0.25, 0.3) is 0 Å². The summed E-state index contributed by atoms with van der Waals surface area (Å²) in [6.07, 6.45) is 4.82. The van der Waals surface area contributed by atoms with E-state index >= 15 is 0 Å². The minimum Gasteiger partial charge on any atom is -0.398 e. The molecular weight excluding hydrogens is 272 g/mol. The molecule has 0 bridgehead atoms. The number of rotatable bonds is 4. The third kappa shape index (κ3) is 3.52. The zero-order valence-corrected chi connectivity index (χ0v) is 13.0. The highest BCUT2D eigenvalue weighted by Crippen LogP contribution is 2.25. The predicted molar refractivity (Wildman–Crippen MR) is 82.0 cm³/mol. The highest BCUT2D eigenvalue weighted by Gasteiger charge is 2.24. The van der Waals surface area contributed by atoms with E-state index in [0.29, 0.717) is 11.6 Å². The van der Waals surface area contributed by atoms with Crippen molar-refractivity contribution in [2.24, 2.45) is 5.92 Å². The molecule has 0 spiro atoms. The van der Waals surface area contributed by atoms with Gasteiger partial charge in [0.2, 0.25) is 10.0 Å². The van der Waals surface area contributed by atoms with Gasteiger partial charge in [0.05, 0.1) is 4.90 Å². The Morgan fingerprint density at radius 2 is 1.90 bits per heavy atom. The molecule has 1 aromatic carbocycles. The van der Waals surface area contributed by atoms with Crippen molar-refractivity contribution in [3.63, 3.8) is 0 Å². The van der Waals surface area contributed by atoms with Crippen LogP contribution >= 0.6 is 0 Å². The summed E-state index contributed by atoms with van der Waals surface area (Å²) in [7, 11) is -3.45. The van der Waals surface area contributed by atoms with Crippen LogP contribution in [0.2, 0.25) is 0 Å². The molecule has 0 aromatic heterocycles. The number of nitrogens with one attached hydrogen (secondary N) is 1. The summed E-state index contributed by atoms with van der Waals surface area (Å²) in [6, 6.07) is 5.06. The monoisotopic (exact) mass is 296 g/mol. The molecule has 0 heterocycles. The molecule has 0 saturated heterocycles. The average Bonchev–Trinajstić information content (AvgIpc) is 2.41. The third-order valence-electron chi connectivity index (χ3n) is 4.15. The Kier molecular flexibility index (Phi) is 4.70. The van der Waals surface area contributed by atoms with Gasteiger partial charge in [0.1, 0.15) is 0 Å². The molecule has 1 aliphatic rings. The first-order valence-electron chi connectivity index (χ1n) is 7.33. The molecule has 0 unspecified atom stereocenters. The zero-order chi connectivity index (χ0) is 14.8. The molecule has 20 heavy (non-hydrogen) atoms. The number of anilines is 1. The molecule has 0 radical (unpaired) electrons.